The van der Waals surface area contributed by atoms with Crippen molar-refractivity contribution in [1.82, 2.24) is 0 Å². The molecule has 0 saturated heterocycles. The first kappa shape index (κ1) is 14.0. The number of aryl methyl sites for hydroxylation is 3. The quantitative estimate of drug-likeness (QED) is 0.784. The Morgan fingerprint density at radius 1 is 1.17 bits per heavy atom. The van der Waals surface area contributed by atoms with Crippen LogP contribution in [0.2, 0.25) is 0 Å². The largest absolute Gasteiger partial charge is 0.388 e. The molecule has 1 aromatic carbocycles. The summed E-state index contributed by atoms with van der Waals surface area (Å²) in [7, 11) is 0. The highest BCUT2D eigenvalue weighted by Gasteiger charge is 2.13. The summed E-state index contributed by atoms with van der Waals surface area (Å²) in [5, 5.41) is 12.4. The van der Waals surface area contributed by atoms with Gasteiger partial charge >= 0.3 is 0 Å². The van der Waals surface area contributed by atoms with Crippen molar-refractivity contribution < 1.29 is 5.11 Å². The monoisotopic (exact) mass is 372 g/mol. The van der Waals surface area contributed by atoms with Crippen LogP contribution < -0.4 is 0 Å². The van der Waals surface area contributed by atoms with Crippen LogP contribution >= 0.6 is 33.9 Å². The number of aliphatic hydroxyl groups is 1. The maximum atomic E-state index is 10.3. The van der Waals surface area contributed by atoms with Gasteiger partial charge in [-0.15, -0.1) is 11.3 Å². The first-order valence-electron chi connectivity index (χ1n) is 5.96. The highest BCUT2D eigenvalue weighted by Crippen LogP contribution is 2.27. The molecule has 0 radical (unpaired) electrons. The Morgan fingerprint density at radius 2 is 1.78 bits per heavy atom. The van der Waals surface area contributed by atoms with Gasteiger partial charge in [0, 0.05) is 6.42 Å². The molecule has 18 heavy (non-hydrogen) atoms. The van der Waals surface area contributed by atoms with Gasteiger partial charge in [0.05, 0.1) is 8.99 Å². The highest BCUT2D eigenvalue weighted by molar-refractivity contribution is 14.1. The van der Waals surface area contributed by atoms with Crippen molar-refractivity contribution in [2.75, 3.05) is 0 Å². The lowest BCUT2D eigenvalue weighted by atomic mass is 9.94. The van der Waals surface area contributed by atoms with Crippen LogP contribution in [0, 0.1) is 23.7 Å². The van der Waals surface area contributed by atoms with E-state index in [-0.39, 0.29) is 0 Å². The predicted octanol–water partition coefficient (Wildman–Crippen LogP) is 4.55. The van der Waals surface area contributed by atoms with Crippen molar-refractivity contribution in [3.63, 3.8) is 0 Å². The molecule has 0 saturated carbocycles. The van der Waals surface area contributed by atoms with Crippen LogP contribution in [0.3, 0.4) is 0 Å². The van der Waals surface area contributed by atoms with Gasteiger partial charge in [-0.3, -0.25) is 0 Å². The number of thiophene rings is 1. The van der Waals surface area contributed by atoms with Crippen LogP contribution in [0.15, 0.2) is 23.6 Å². The van der Waals surface area contributed by atoms with E-state index in [0.717, 1.165) is 5.56 Å². The molecule has 0 aliphatic heterocycles. The average Bonchev–Trinajstić information content (AvgIpc) is 2.70. The van der Waals surface area contributed by atoms with Crippen molar-refractivity contribution in [3.8, 4) is 0 Å². The molecule has 96 valence electrons. The summed E-state index contributed by atoms with van der Waals surface area (Å²) in [6.45, 7) is 6.36. The van der Waals surface area contributed by atoms with Gasteiger partial charge in [-0.2, -0.15) is 0 Å². The zero-order chi connectivity index (χ0) is 13.3. The van der Waals surface area contributed by atoms with Gasteiger partial charge in [0.1, 0.15) is 0 Å². The summed E-state index contributed by atoms with van der Waals surface area (Å²) in [6.07, 6.45) is 0.301. The van der Waals surface area contributed by atoms with Gasteiger partial charge < -0.3 is 5.11 Å². The molecule has 3 heteroatoms. The fourth-order valence-corrected chi connectivity index (χ4v) is 3.76. The molecule has 0 aliphatic rings. The van der Waals surface area contributed by atoms with Crippen molar-refractivity contribution in [2.45, 2.75) is 33.3 Å². The molecule has 0 fully saturated rings. The maximum Gasteiger partial charge on any atom is 0.0838 e. The minimum Gasteiger partial charge on any atom is -0.388 e. The third-order valence-corrected chi connectivity index (χ3v) is 5.02. The SMILES string of the molecule is Cc1cc(C)c(CC(O)c2csc(I)c2)c(C)c1. The van der Waals surface area contributed by atoms with E-state index >= 15 is 0 Å². The van der Waals surface area contributed by atoms with Gasteiger partial charge in [0.25, 0.3) is 0 Å². The van der Waals surface area contributed by atoms with Gasteiger partial charge in [-0.25, -0.2) is 0 Å². The summed E-state index contributed by atoms with van der Waals surface area (Å²) in [5.41, 5.74) is 6.14. The van der Waals surface area contributed by atoms with Crippen LogP contribution in [0.5, 0.6) is 0 Å². The molecule has 1 nitrogen and oxygen atoms in total. The second-order valence-electron chi connectivity index (χ2n) is 4.78. The van der Waals surface area contributed by atoms with E-state index in [1.54, 1.807) is 11.3 Å². The normalized spacial score (nSPS) is 12.7. The molecular formula is C15H17IOS. The molecule has 1 atom stereocenters. The number of aliphatic hydroxyl groups excluding tert-OH is 1. The van der Waals surface area contributed by atoms with E-state index in [0.29, 0.717) is 6.42 Å². The van der Waals surface area contributed by atoms with Gasteiger partial charge in [0.15, 0.2) is 0 Å². The first-order valence-corrected chi connectivity index (χ1v) is 7.92. The molecule has 0 spiro atoms. The van der Waals surface area contributed by atoms with Crippen LogP contribution in [0.25, 0.3) is 0 Å². The molecule has 2 rings (SSSR count). The zero-order valence-electron chi connectivity index (χ0n) is 10.8. The summed E-state index contributed by atoms with van der Waals surface area (Å²) in [6, 6.07) is 6.44. The maximum absolute atomic E-state index is 10.3. The molecule has 0 amide bonds. The number of benzene rings is 1. The summed E-state index contributed by atoms with van der Waals surface area (Å²) < 4.78 is 1.22. The Hall–Kier alpha value is -0.390. The summed E-state index contributed by atoms with van der Waals surface area (Å²) >= 11 is 3.97. The standard InChI is InChI=1S/C15H17IOS/c1-9-4-10(2)13(11(3)5-9)7-14(17)12-6-15(16)18-8-12/h4-6,8,14,17H,7H2,1-3H3. The third-order valence-electron chi connectivity index (χ3n) is 3.21. The summed E-state index contributed by atoms with van der Waals surface area (Å²) in [5.74, 6) is 0. The van der Waals surface area contributed by atoms with Gasteiger partial charge in [-0.05, 0) is 77.1 Å². The first-order chi connectivity index (χ1) is 8.47. The zero-order valence-corrected chi connectivity index (χ0v) is 13.8. The summed E-state index contributed by atoms with van der Waals surface area (Å²) in [4.78, 5) is 0. The third kappa shape index (κ3) is 3.13. The number of hydrogen-bond acceptors (Lipinski definition) is 2. The minimum atomic E-state index is -0.398. The highest BCUT2D eigenvalue weighted by atomic mass is 127. The fourth-order valence-electron chi connectivity index (χ4n) is 2.34. The number of hydrogen-bond donors (Lipinski definition) is 1. The Balaban J connectivity index is 2.24. The van der Waals surface area contributed by atoms with Crippen LogP contribution in [0.1, 0.15) is 33.9 Å². The lowest BCUT2D eigenvalue weighted by Crippen LogP contribution is -2.04. The Kier molecular flexibility index (Phi) is 4.45. The van der Waals surface area contributed by atoms with Crippen LogP contribution in [-0.4, -0.2) is 5.11 Å². The van der Waals surface area contributed by atoms with Crippen molar-refractivity contribution in [2.24, 2.45) is 0 Å². The van der Waals surface area contributed by atoms with E-state index in [2.05, 4.69) is 61.6 Å². The van der Waals surface area contributed by atoms with Crippen molar-refractivity contribution in [3.05, 3.63) is 54.3 Å². The molecule has 2 aromatic rings. The Labute approximate surface area is 126 Å². The van der Waals surface area contributed by atoms with E-state index in [1.165, 1.54) is 25.1 Å². The smallest absolute Gasteiger partial charge is 0.0838 e. The lowest BCUT2D eigenvalue weighted by molar-refractivity contribution is 0.178. The molecule has 1 heterocycles. The number of rotatable bonds is 3. The molecular weight excluding hydrogens is 355 g/mol. The van der Waals surface area contributed by atoms with E-state index < -0.39 is 6.10 Å². The second-order valence-corrected chi connectivity index (χ2v) is 7.59. The average molecular weight is 372 g/mol. The number of halogens is 1. The Bertz CT molecular complexity index is 536. The molecule has 0 aliphatic carbocycles. The second kappa shape index (κ2) is 5.72. The van der Waals surface area contributed by atoms with E-state index in [1.807, 2.05) is 5.38 Å². The van der Waals surface area contributed by atoms with E-state index in [9.17, 15) is 5.11 Å². The van der Waals surface area contributed by atoms with Gasteiger partial charge in [0.2, 0.25) is 0 Å². The molecule has 0 bridgehead atoms. The molecule has 1 unspecified atom stereocenters. The van der Waals surface area contributed by atoms with Crippen LogP contribution in [0.4, 0.5) is 0 Å². The predicted molar refractivity (Wildman–Crippen MR) is 86.4 cm³/mol. The Morgan fingerprint density at radius 3 is 2.28 bits per heavy atom. The topological polar surface area (TPSA) is 20.2 Å². The fraction of sp³-hybridized carbons (Fsp3) is 0.333. The van der Waals surface area contributed by atoms with E-state index in [4.69, 9.17) is 0 Å². The lowest BCUT2D eigenvalue weighted by Gasteiger charge is -2.15. The van der Waals surface area contributed by atoms with Crippen molar-refractivity contribution in [1.29, 1.82) is 0 Å². The molecule has 1 aromatic heterocycles. The van der Waals surface area contributed by atoms with Gasteiger partial charge in [-0.1, -0.05) is 17.7 Å². The van der Waals surface area contributed by atoms with Crippen LogP contribution in [-0.2, 0) is 6.42 Å². The minimum absolute atomic E-state index is 0.398. The molecule has 1 N–H and O–H groups in total. The van der Waals surface area contributed by atoms with Crippen molar-refractivity contribution >= 4 is 33.9 Å².